The van der Waals surface area contributed by atoms with E-state index in [4.69, 9.17) is 12.2 Å². The molecule has 0 saturated carbocycles. The Morgan fingerprint density at radius 3 is 2.68 bits per heavy atom. The summed E-state index contributed by atoms with van der Waals surface area (Å²) in [5.41, 5.74) is 2.30. The van der Waals surface area contributed by atoms with Crippen LogP contribution in [-0.4, -0.2) is 51.6 Å². The van der Waals surface area contributed by atoms with Gasteiger partial charge in [-0.05, 0) is 63.9 Å². The third-order valence-electron chi connectivity index (χ3n) is 4.66. The van der Waals surface area contributed by atoms with Crippen molar-refractivity contribution < 1.29 is 0 Å². The molecule has 1 N–H and O–H groups in total. The fourth-order valence-electron chi connectivity index (χ4n) is 3.24. The molecule has 25 heavy (non-hydrogen) atoms. The molecule has 1 aliphatic heterocycles. The Balaban J connectivity index is 1.95. The lowest BCUT2D eigenvalue weighted by atomic mass is 9.99. The fourth-order valence-corrected chi connectivity index (χ4v) is 3.58. The first-order chi connectivity index (χ1) is 12.0. The van der Waals surface area contributed by atoms with Gasteiger partial charge in [-0.25, -0.2) is 0 Å². The van der Waals surface area contributed by atoms with Crippen molar-refractivity contribution in [2.24, 2.45) is 0 Å². The quantitative estimate of drug-likeness (QED) is 0.804. The molecular formula is C19H27N5S. The maximum atomic E-state index is 5.67. The lowest BCUT2D eigenvalue weighted by Gasteiger charge is -2.28. The van der Waals surface area contributed by atoms with Crippen LogP contribution >= 0.6 is 12.2 Å². The molecule has 0 aromatic carbocycles. The van der Waals surface area contributed by atoms with Gasteiger partial charge in [0.15, 0.2) is 5.11 Å². The lowest BCUT2D eigenvalue weighted by Crippen LogP contribution is -2.35. The summed E-state index contributed by atoms with van der Waals surface area (Å²) in [6, 6.07) is 8.93. The molecule has 1 saturated heterocycles. The van der Waals surface area contributed by atoms with Crippen molar-refractivity contribution in [3.63, 3.8) is 0 Å². The number of aromatic nitrogens is 2. The minimum atomic E-state index is 0.0684. The number of pyridine rings is 1. The molecule has 6 heteroatoms. The molecule has 0 bridgehead atoms. The first-order valence-electron chi connectivity index (χ1n) is 8.77. The third-order valence-corrected chi connectivity index (χ3v) is 5.01. The summed E-state index contributed by atoms with van der Waals surface area (Å²) in [5.74, 6) is 0. The minimum absolute atomic E-state index is 0.0684. The van der Waals surface area contributed by atoms with Crippen LogP contribution in [0.2, 0.25) is 0 Å². The van der Waals surface area contributed by atoms with Crippen LogP contribution in [-0.2, 0) is 0 Å². The molecule has 3 heterocycles. The smallest absolute Gasteiger partial charge is 0.170 e. The summed E-state index contributed by atoms with van der Waals surface area (Å²) in [6.07, 6.45) is 6.24. The number of likely N-dealkylation sites (N-methyl/N-ethyl adjacent to an activating group) is 1. The second kappa shape index (κ2) is 7.54. The molecule has 0 aliphatic carbocycles. The summed E-state index contributed by atoms with van der Waals surface area (Å²) in [4.78, 5) is 9.06. The lowest BCUT2D eigenvalue weighted by molar-refractivity contribution is 0.277. The van der Waals surface area contributed by atoms with Crippen molar-refractivity contribution in [1.82, 2.24) is 24.7 Å². The predicted octanol–water partition coefficient (Wildman–Crippen LogP) is 3.00. The Morgan fingerprint density at radius 1 is 1.28 bits per heavy atom. The van der Waals surface area contributed by atoms with Crippen molar-refractivity contribution in [2.45, 2.75) is 32.0 Å². The average molecular weight is 358 g/mol. The molecule has 1 aliphatic rings. The Labute approximate surface area is 155 Å². The molecule has 1 fully saturated rings. The molecule has 0 radical (unpaired) electrons. The molecule has 3 rings (SSSR count). The van der Waals surface area contributed by atoms with Gasteiger partial charge in [0, 0.05) is 37.7 Å². The Morgan fingerprint density at radius 2 is 2.08 bits per heavy atom. The summed E-state index contributed by atoms with van der Waals surface area (Å²) in [5, 5.41) is 4.30. The maximum Gasteiger partial charge on any atom is 0.170 e. The standard InChI is InChI=1S/C19H27N5S/c1-14(2)23-10-8-15(13-23)18-17(16-7-5-6-9-20-16)21-19(25)24(18)12-11-22(3)4/h5-10,13-14,17-18H,11-12H2,1-4H3,(H,21,25). The van der Waals surface area contributed by atoms with Crippen LogP contribution in [0.3, 0.4) is 0 Å². The number of nitrogens with one attached hydrogen (secondary N) is 1. The van der Waals surface area contributed by atoms with Crippen molar-refractivity contribution in [3.8, 4) is 0 Å². The summed E-state index contributed by atoms with van der Waals surface area (Å²) >= 11 is 5.67. The van der Waals surface area contributed by atoms with Gasteiger partial charge in [-0.2, -0.15) is 0 Å². The molecular weight excluding hydrogens is 330 g/mol. The van der Waals surface area contributed by atoms with Crippen LogP contribution in [0.1, 0.15) is 43.2 Å². The zero-order valence-electron chi connectivity index (χ0n) is 15.4. The SMILES string of the molecule is CC(C)n1ccc(C2C(c3ccccn3)NC(=S)N2CCN(C)C)c1. The summed E-state index contributed by atoms with van der Waals surface area (Å²) in [6.45, 7) is 6.24. The Hall–Kier alpha value is -1.92. The van der Waals surface area contributed by atoms with E-state index in [2.05, 4.69) is 77.1 Å². The fraction of sp³-hybridized carbons (Fsp3) is 0.474. The van der Waals surface area contributed by atoms with Gasteiger partial charge in [-0.15, -0.1) is 0 Å². The van der Waals surface area contributed by atoms with E-state index in [-0.39, 0.29) is 12.1 Å². The molecule has 2 atom stereocenters. The van der Waals surface area contributed by atoms with Gasteiger partial charge in [0.05, 0.1) is 17.8 Å². The summed E-state index contributed by atoms with van der Waals surface area (Å²) in [7, 11) is 4.18. The van der Waals surface area contributed by atoms with Gasteiger partial charge >= 0.3 is 0 Å². The van der Waals surface area contributed by atoms with Gasteiger partial charge in [0.2, 0.25) is 0 Å². The average Bonchev–Trinajstić information content (AvgIpc) is 3.18. The number of rotatable bonds is 6. The van der Waals surface area contributed by atoms with Crippen molar-refractivity contribution in [2.75, 3.05) is 27.2 Å². The largest absolute Gasteiger partial charge is 0.352 e. The van der Waals surface area contributed by atoms with E-state index >= 15 is 0 Å². The van der Waals surface area contributed by atoms with E-state index in [1.807, 2.05) is 18.3 Å². The highest BCUT2D eigenvalue weighted by Gasteiger charge is 2.39. The maximum absolute atomic E-state index is 5.67. The van der Waals surface area contributed by atoms with Crippen LogP contribution in [0.15, 0.2) is 42.9 Å². The molecule has 2 unspecified atom stereocenters. The van der Waals surface area contributed by atoms with E-state index < -0.39 is 0 Å². The molecule has 0 amide bonds. The van der Waals surface area contributed by atoms with Crippen LogP contribution in [0, 0.1) is 0 Å². The van der Waals surface area contributed by atoms with Gasteiger partial charge in [-0.1, -0.05) is 6.07 Å². The number of thiocarbonyl (C=S) groups is 1. The van der Waals surface area contributed by atoms with E-state index in [9.17, 15) is 0 Å². The van der Waals surface area contributed by atoms with Crippen LogP contribution in [0.4, 0.5) is 0 Å². The second-order valence-corrected chi connectivity index (χ2v) is 7.50. The van der Waals surface area contributed by atoms with Crippen molar-refractivity contribution in [3.05, 3.63) is 54.1 Å². The highest BCUT2D eigenvalue weighted by molar-refractivity contribution is 7.80. The van der Waals surface area contributed by atoms with Crippen molar-refractivity contribution in [1.29, 1.82) is 0 Å². The van der Waals surface area contributed by atoms with Gasteiger partial charge < -0.3 is 19.7 Å². The van der Waals surface area contributed by atoms with Gasteiger partial charge in [-0.3, -0.25) is 4.98 Å². The van der Waals surface area contributed by atoms with Crippen LogP contribution in [0.25, 0.3) is 0 Å². The first kappa shape index (κ1) is 17.9. The zero-order chi connectivity index (χ0) is 18.0. The van der Waals surface area contributed by atoms with E-state index in [0.717, 1.165) is 23.9 Å². The molecule has 2 aromatic heterocycles. The topological polar surface area (TPSA) is 36.3 Å². The Kier molecular flexibility index (Phi) is 5.39. The summed E-state index contributed by atoms with van der Waals surface area (Å²) < 4.78 is 2.25. The normalized spacial score (nSPS) is 20.6. The monoisotopic (exact) mass is 357 g/mol. The number of hydrogen-bond donors (Lipinski definition) is 1. The number of hydrogen-bond acceptors (Lipinski definition) is 3. The third kappa shape index (κ3) is 3.85. The van der Waals surface area contributed by atoms with Crippen LogP contribution < -0.4 is 5.32 Å². The number of nitrogens with zero attached hydrogens (tertiary/aromatic N) is 4. The van der Waals surface area contributed by atoms with Crippen LogP contribution in [0.5, 0.6) is 0 Å². The minimum Gasteiger partial charge on any atom is -0.352 e. The highest BCUT2D eigenvalue weighted by Crippen LogP contribution is 2.38. The highest BCUT2D eigenvalue weighted by atomic mass is 32.1. The molecule has 0 spiro atoms. The van der Waals surface area contributed by atoms with Gasteiger partial charge in [0.25, 0.3) is 0 Å². The molecule has 2 aromatic rings. The Bertz CT molecular complexity index is 710. The molecule has 134 valence electrons. The van der Waals surface area contributed by atoms with Gasteiger partial charge in [0.1, 0.15) is 0 Å². The first-order valence-corrected chi connectivity index (χ1v) is 9.18. The molecule has 5 nitrogen and oxygen atoms in total. The zero-order valence-corrected chi connectivity index (χ0v) is 16.2. The van der Waals surface area contributed by atoms with E-state index in [1.54, 1.807) is 0 Å². The second-order valence-electron chi connectivity index (χ2n) is 7.11. The van der Waals surface area contributed by atoms with Crippen molar-refractivity contribution >= 4 is 17.3 Å². The van der Waals surface area contributed by atoms with E-state index in [1.165, 1.54) is 5.56 Å². The predicted molar refractivity (Wildman–Crippen MR) is 106 cm³/mol. The van der Waals surface area contributed by atoms with E-state index in [0.29, 0.717) is 6.04 Å².